The van der Waals surface area contributed by atoms with Gasteiger partial charge in [-0.05, 0) is 44.0 Å². The van der Waals surface area contributed by atoms with Crippen molar-refractivity contribution in [3.8, 4) is 5.75 Å². The summed E-state index contributed by atoms with van der Waals surface area (Å²) in [6.07, 6.45) is 1.97. The fraction of sp³-hybridized carbons (Fsp3) is 0.333. The van der Waals surface area contributed by atoms with E-state index in [1.54, 1.807) is 0 Å². The van der Waals surface area contributed by atoms with E-state index >= 15 is 0 Å². The second-order valence-corrected chi connectivity index (χ2v) is 7.30. The van der Waals surface area contributed by atoms with Crippen LogP contribution >= 0.6 is 11.6 Å². The summed E-state index contributed by atoms with van der Waals surface area (Å²) in [5, 5.41) is 3.69. The molecule has 1 saturated carbocycles. The molecule has 6 heteroatoms. The zero-order chi connectivity index (χ0) is 18.8. The monoisotopic (exact) mass is 383 g/mol. The average Bonchev–Trinajstić information content (AvgIpc) is 3.45. The Morgan fingerprint density at radius 3 is 2.78 bits per heavy atom. The number of halogens is 1. The van der Waals surface area contributed by atoms with Crippen LogP contribution in [0.2, 0.25) is 5.02 Å². The van der Waals surface area contributed by atoms with Gasteiger partial charge in [-0.3, -0.25) is 4.79 Å². The van der Waals surface area contributed by atoms with Gasteiger partial charge in [0.25, 0.3) is 0 Å². The minimum absolute atomic E-state index is 0.119. The Balaban J connectivity index is 1.54. The molecule has 1 atom stereocenters. The third-order valence-corrected chi connectivity index (χ3v) is 5.10. The lowest BCUT2D eigenvalue weighted by Gasteiger charge is -2.17. The van der Waals surface area contributed by atoms with Crippen LogP contribution in [0, 0.1) is 5.92 Å². The largest absolute Gasteiger partial charge is 0.490 e. The van der Waals surface area contributed by atoms with Gasteiger partial charge in [-0.15, -0.1) is 0 Å². The van der Waals surface area contributed by atoms with E-state index in [1.165, 1.54) is 0 Å². The van der Waals surface area contributed by atoms with E-state index in [9.17, 15) is 4.79 Å². The molecule has 0 radical (unpaired) electrons. The van der Waals surface area contributed by atoms with Gasteiger partial charge in [-0.2, -0.15) is 0 Å². The first-order chi connectivity index (χ1) is 13.1. The van der Waals surface area contributed by atoms with E-state index in [2.05, 4.69) is 9.88 Å². The second kappa shape index (κ2) is 7.61. The molecule has 1 aromatic heterocycles. The molecule has 1 amide bonds. The average molecular weight is 384 g/mol. The van der Waals surface area contributed by atoms with Gasteiger partial charge < -0.3 is 14.6 Å². The first-order valence-corrected chi connectivity index (χ1v) is 9.64. The molecule has 1 unspecified atom stereocenters. The number of nitrogens with one attached hydrogen (secondary N) is 1. The molecule has 140 valence electrons. The summed E-state index contributed by atoms with van der Waals surface area (Å²) >= 11 is 6.16. The van der Waals surface area contributed by atoms with E-state index in [-0.39, 0.29) is 17.9 Å². The fourth-order valence-electron chi connectivity index (χ4n) is 3.21. The molecule has 1 aliphatic rings. The molecule has 3 aromatic rings. The lowest BCUT2D eigenvalue weighted by molar-refractivity contribution is -0.123. The smallest absolute Gasteiger partial charge is 0.223 e. The number of aromatic nitrogens is 2. The van der Waals surface area contributed by atoms with E-state index in [0.29, 0.717) is 23.9 Å². The third kappa shape index (κ3) is 3.93. The van der Waals surface area contributed by atoms with Crippen molar-refractivity contribution < 1.29 is 9.53 Å². The summed E-state index contributed by atoms with van der Waals surface area (Å²) < 4.78 is 7.97. The first kappa shape index (κ1) is 17.9. The Kier molecular flexibility index (Phi) is 5.03. The molecule has 1 heterocycles. The molecule has 0 bridgehead atoms. The van der Waals surface area contributed by atoms with Crippen molar-refractivity contribution in [3.05, 3.63) is 59.4 Å². The Bertz CT molecular complexity index is 965. The highest BCUT2D eigenvalue weighted by atomic mass is 35.5. The van der Waals surface area contributed by atoms with E-state index in [0.717, 1.165) is 29.7 Å². The van der Waals surface area contributed by atoms with Crippen molar-refractivity contribution in [1.82, 2.24) is 14.9 Å². The van der Waals surface area contributed by atoms with E-state index in [4.69, 9.17) is 21.3 Å². The zero-order valence-corrected chi connectivity index (χ0v) is 15.9. The number of carbonyl (C=O) groups excluding carboxylic acids is 1. The number of fused-ring (bicyclic) bond motifs is 1. The number of ether oxygens (including phenoxy) is 1. The molecular weight excluding hydrogens is 362 g/mol. The molecule has 1 N–H and O–H groups in total. The van der Waals surface area contributed by atoms with Crippen LogP contribution in [0.25, 0.3) is 11.0 Å². The Hall–Kier alpha value is -2.53. The van der Waals surface area contributed by atoms with Crippen molar-refractivity contribution >= 4 is 28.5 Å². The minimum Gasteiger partial charge on any atom is -0.490 e. The van der Waals surface area contributed by atoms with E-state index in [1.807, 2.05) is 55.5 Å². The Morgan fingerprint density at radius 1 is 1.26 bits per heavy atom. The van der Waals surface area contributed by atoms with Crippen LogP contribution in [0.4, 0.5) is 0 Å². The molecule has 1 fully saturated rings. The number of benzene rings is 2. The number of rotatable bonds is 7. The van der Waals surface area contributed by atoms with Crippen LogP contribution in [0.1, 0.15) is 31.6 Å². The predicted octanol–water partition coefficient (Wildman–Crippen LogP) is 4.36. The lowest BCUT2D eigenvalue weighted by Crippen LogP contribution is -2.30. The minimum atomic E-state index is -0.161. The van der Waals surface area contributed by atoms with Gasteiger partial charge in [0.1, 0.15) is 18.2 Å². The molecule has 0 aliphatic heterocycles. The maximum atomic E-state index is 12.2. The SMILES string of the molecule is CC(NC(=O)C1CC1)c1nc2ccccc2n1CCOc1ccccc1Cl. The van der Waals surface area contributed by atoms with Gasteiger partial charge in [0.15, 0.2) is 0 Å². The van der Waals surface area contributed by atoms with Crippen LogP contribution in [-0.2, 0) is 11.3 Å². The number of para-hydroxylation sites is 3. The maximum absolute atomic E-state index is 12.2. The van der Waals surface area contributed by atoms with E-state index < -0.39 is 0 Å². The molecule has 2 aromatic carbocycles. The fourth-order valence-corrected chi connectivity index (χ4v) is 3.40. The Labute approximate surface area is 163 Å². The van der Waals surface area contributed by atoms with Gasteiger partial charge in [0.05, 0.1) is 28.6 Å². The summed E-state index contributed by atoms with van der Waals surface area (Å²) in [4.78, 5) is 16.9. The molecule has 4 rings (SSSR count). The summed E-state index contributed by atoms with van der Waals surface area (Å²) in [6, 6.07) is 15.3. The molecule has 0 spiro atoms. The van der Waals surface area contributed by atoms with Crippen LogP contribution in [0.3, 0.4) is 0 Å². The van der Waals surface area contributed by atoms with Gasteiger partial charge in [0.2, 0.25) is 5.91 Å². The number of hydrogen-bond donors (Lipinski definition) is 1. The van der Waals surface area contributed by atoms with Crippen LogP contribution in [-0.4, -0.2) is 22.1 Å². The molecule has 1 aliphatic carbocycles. The van der Waals surface area contributed by atoms with Crippen LogP contribution in [0.15, 0.2) is 48.5 Å². The van der Waals surface area contributed by atoms with Crippen molar-refractivity contribution in [2.24, 2.45) is 5.92 Å². The third-order valence-electron chi connectivity index (χ3n) is 4.79. The summed E-state index contributed by atoms with van der Waals surface area (Å²) in [6.45, 7) is 3.05. The van der Waals surface area contributed by atoms with Crippen LogP contribution in [0.5, 0.6) is 5.75 Å². The van der Waals surface area contributed by atoms with Crippen LogP contribution < -0.4 is 10.1 Å². The molecule has 0 saturated heterocycles. The first-order valence-electron chi connectivity index (χ1n) is 9.26. The standard InChI is InChI=1S/C21H22ClN3O2/c1-14(23-21(26)15-10-11-15)20-24-17-7-3-4-8-18(17)25(20)12-13-27-19-9-5-2-6-16(19)22/h2-9,14-15H,10-13H2,1H3,(H,23,26). The predicted molar refractivity (Wildman–Crippen MR) is 106 cm³/mol. The van der Waals surface area contributed by atoms with Crippen molar-refractivity contribution in [2.45, 2.75) is 32.4 Å². The molecule has 5 nitrogen and oxygen atoms in total. The summed E-state index contributed by atoms with van der Waals surface area (Å²) in [7, 11) is 0. The van der Waals surface area contributed by atoms with Crippen molar-refractivity contribution in [1.29, 1.82) is 0 Å². The van der Waals surface area contributed by atoms with Gasteiger partial charge in [0, 0.05) is 5.92 Å². The zero-order valence-electron chi connectivity index (χ0n) is 15.2. The number of nitrogens with zero attached hydrogens (tertiary/aromatic N) is 2. The molecular formula is C21H22ClN3O2. The van der Waals surface area contributed by atoms with Crippen molar-refractivity contribution in [2.75, 3.05) is 6.61 Å². The number of carbonyl (C=O) groups is 1. The molecule has 27 heavy (non-hydrogen) atoms. The quantitative estimate of drug-likeness (QED) is 0.659. The second-order valence-electron chi connectivity index (χ2n) is 6.89. The highest BCUT2D eigenvalue weighted by molar-refractivity contribution is 6.32. The van der Waals surface area contributed by atoms with Gasteiger partial charge >= 0.3 is 0 Å². The number of hydrogen-bond acceptors (Lipinski definition) is 3. The lowest BCUT2D eigenvalue weighted by atomic mass is 10.2. The number of amides is 1. The summed E-state index contributed by atoms with van der Waals surface area (Å²) in [5.41, 5.74) is 1.94. The van der Waals surface area contributed by atoms with Crippen molar-refractivity contribution in [3.63, 3.8) is 0 Å². The topological polar surface area (TPSA) is 56.2 Å². The summed E-state index contributed by atoms with van der Waals surface area (Å²) in [5.74, 6) is 1.80. The van der Waals surface area contributed by atoms with Gasteiger partial charge in [-0.25, -0.2) is 4.98 Å². The van der Waals surface area contributed by atoms with Gasteiger partial charge in [-0.1, -0.05) is 35.9 Å². The number of imidazole rings is 1. The normalized spacial score (nSPS) is 14.9. The highest BCUT2D eigenvalue weighted by Crippen LogP contribution is 2.30. The Morgan fingerprint density at radius 2 is 2.00 bits per heavy atom. The highest BCUT2D eigenvalue weighted by Gasteiger charge is 2.31. The maximum Gasteiger partial charge on any atom is 0.223 e.